The van der Waals surface area contributed by atoms with Crippen LogP contribution in [0.4, 0.5) is 0 Å². The van der Waals surface area contributed by atoms with E-state index in [0.29, 0.717) is 23.5 Å². The number of hydrogen-bond donors (Lipinski definition) is 1. The molecule has 2 heterocycles. The fourth-order valence-corrected chi connectivity index (χ4v) is 5.26. The number of nitrogens with one attached hydrogen (secondary N) is 1. The third-order valence-corrected chi connectivity index (χ3v) is 6.92. The molecule has 2 saturated heterocycles. The molecule has 2 aromatic rings. The van der Waals surface area contributed by atoms with Crippen molar-refractivity contribution in [3.05, 3.63) is 71.3 Å². The number of ether oxygens (including phenoxy) is 2. The van der Waals surface area contributed by atoms with Crippen LogP contribution in [0.5, 0.6) is 0 Å². The normalized spacial score (nSPS) is 30.1. The Hall–Kier alpha value is -3.66. The van der Waals surface area contributed by atoms with Gasteiger partial charge >= 0.3 is 0 Å². The number of rotatable bonds is 4. The highest BCUT2D eigenvalue weighted by Crippen LogP contribution is 2.69. The van der Waals surface area contributed by atoms with Crippen molar-refractivity contribution < 1.29 is 9.47 Å². The van der Waals surface area contributed by atoms with E-state index in [1.807, 2.05) is 61.5 Å². The van der Waals surface area contributed by atoms with Gasteiger partial charge in [0.15, 0.2) is 5.41 Å². The number of benzene rings is 2. The molecule has 1 N–H and O–H groups in total. The predicted octanol–water partition coefficient (Wildman–Crippen LogP) is 5.31. The first-order valence-electron chi connectivity index (χ1n) is 10.7. The molecule has 0 aromatic heterocycles. The average molecular weight is 425 g/mol. The SMILES string of the molecule is CCC1C2(c3ccccc3)OC(=N)C1(C#N)C(C#N)(C#N)C(c1ccc(C(C)C)cc1)O2. The molecule has 4 rings (SSSR count). The third-order valence-electron chi connectivity index (χ3n) is 6.92. The molecule has 2 aromatic carbocycles. The van der Waals surface area contributed by atoms with Crippen LogP contribution in [-0.4, -0.2) is 5.90 Å². The average Bonchev–Trinajstić information content (AvgIpc) is 3.03. The first-order chi connectivity index (χ1) is 15.4. The Kier molecular flexibility index (Phi) is 5.04. The number of nitriles is 3. The molecule has 0 spiro atoms. The maximum absolute atomic E-state index is 10.5. The van der Waals surface area contributed by atoms with Gasteiger partial charge in [-0.05, 0) is 23.5 Å². The van der Waals surface area contributed by atoms with Gasteiger partial charge in [-0.15, -0.1) is 0 Å². The highest BCUT2D eigenvalue weighted by atomic mass is 16.7. The summed E-state index contributed by atoms with van der Waals surface area (Å²) in [5.41, 5.74) is -1.36. The minimum Gasteiger partial charge on any atom is -0.443 e. The van der Waals surface area contributed by atoms with Gasteiger partial charge in [0, 0.05) is 5.56 Å². The summed E-state index contributed by atoms with van der Waals surface area (Å²) >= 11 is 0. The monoisotopic (exact) mass is 424 g/mol. The maximum Gasteiger partial charge on any atom is 0.244 e. The molecule has 0 radical (unpaired) electrons. The van der Waals surface area contributed by atoms with Gasteiger partial charge in [-0.25, -0.2) is 0 Å². The molecular formula is C26H24N4O2. The maximum atomic E-state index is 10.5. The molecule has 0 aliphatic carbocycles. The van der Waals surface area contributed by atoms with Crippen molar-refractivity contribution in [2.75, 3.05) is 0 Å². The van der Waals surface area contributed by atoms with E-state index in [0.717, 1.165) is 5.56 Å². The van der Waals surface area contributed by atoms with Crippen molar-refractivity contribution in [3.8, 4) is 18.2 Å². The summed E-state index contributed by atoms with van der Waals surface area (Å²) in [6.07, 6.45) is -0.696. The van der Waals surface area contributed by atoms with Crippen molar-refractivity contribution >= 4 is 5.90 Å². The molecule has 6 nitrogen and oxygen atoms in total. The van der Waals surface area contributed by atoms with Gasteiger partial charge in [0.25, 0.3) is 0 Å². The minimum atomic E-state index is -1.95. The molecule has 160 valence electrons. The van der Waals surface area contributed by atoms with E-state index in [1.54, 1.807) is 0 Å². The van der Waals surface area contributed by atoms with Gasteiger partial charge in [0.1, 0.15) is 6.10 Å². The van der Waals surface area contributed by atoms with E-state index in [4.69, 9.17) is 14.9 Å². The molecule has 6 heteroatoms. The first kappa shape index (κ1) is 21.6. The van der Waals surface area contributed by atoms with Crippen molar-refractivity contribution in [1.82, 2.24) is 0 Å². The predicted molar refractivity (Wildman–Crippen MR) is 117 cm³/mol. The second kappa shape index (κ2) is 7.49. The Morgan fingerprint density at radius 2 is 1.59 bits per heavy atom. The zero-order chi connectivity index (χ0) is 23.1. The summed E-state index contributed by atoms with van der Waals surface area (Å²) in [5.74, 6) is -2.23. The summed E-state index contributed by atoms with van der Waals surface area (Å²) < 4.78 is 12.6. The van der Waals surface area contributed by atoms with Crippen LogP contribution in [0.1, 0.15) is 55.9 Å². The van der Waals surface area contributed by atoms with Crippen LogP contribution in [0.25, 0.3) is 0 Å². The van der Waals surface area contributed by atoms with E-state index in [2.05, 4.69) is 32.1 Å². The van der Waals surface area contributed by atoms with E-state index in [-0.39, 0.29) is 5.90 Å². The fourth-order valence-electron chi connectivity index (χ4n) is 5.26. The summed E-state index contributed by atoms with van der Waals surface area (Å²) in [6.45, 7) is 6.02. The van der Waals surface area contributed by atoms with Gasteiger partial charge in [0.2, 0.25) is 17.1 Å². The Morgan fingerprint density at radius 1 is 0.969 bits per heavy atom. The molecule has 2 fully saturated rings. The smallest absolute Gasteiger partial charge is 0.244 e. The zero-order valence-electron chi connectivity index (χ0n) is 18.3. The largest absolute Gasteiger partial charge is 0.443 e. The Bertz CT molecular complexity index is 1160. The second-order valence-corrected chi connectivity index (χ2v) is 8.70. The van der Waals surface area contributed by atoms with Crippen molar-refractivity contribution in [2.24, 2.45) is 16.7 Å². The second-order valence-electron chi connectivity index (χ2n) is 8.70. The first-order valence-corrected chi connectivity index (χ1v) is 10.7. The quantitative estimate of drug-likeness (QED) is 0.714. The van der Waals surface area contributed by atoms with E-state index >= 15 is 0 Å². The molecular weight excluding hydrogens is 400 g/mol. The molecule has 2 aliphatic rings. The lowest BCUT2D eigenvalue weighted by Gasteiger charge is -2.49. The van der Waals surface area contributed by atoms with Crippen molar-refractivity contribution in [2.45, 2.75) is 45.0 Å². The van der Waals surface area contributed by atoms with Crippen LogP contribution in [0.15, 0.2) is 54.6 Å². The molecule has 0 amide bonds. The van der Waals surface area contributed by atoms with Crippen LogP contribution >= 0.6 is 0 Å². The third kappa shape index (κ3) is 2.49. The highest BCUT2D eigenvalue weighted by molar-refractivity contribution is 5.89. The number of hydrogen-bond acceptors (Lipinski definition) is 6. The van der Waals surface area contributed by atoms with Crippen LogP contribution in [0, 0.1) is 56.2 Å². The van der Waals surface area contributed by atoms with Crippen LogP contribution in [0.2, 0.25) is 0 Å². The van der Waals surface area contributed by atoms with Gasteiger partial charge in [-0.2, -0.15) is 15.8 Å². The Morgan fingerprint density at radius 3 is 2.09 bits per heavy atom. The van der Waals surface area contributed by atoms with Crippen LogP contribution < -0.4 is 0 Å². The molecule has 4 atom stereocenters. The summed E-state index contributed by atoms with van der Waals surface area (Å²) in [5, 5.41) is 39.9. The van der Waals surface area contributed by atoms with Crippen LogP contribution in [-0.2, 0) is 15.3 Å². The van der Waals surface area contributed by atoms with E-state index in [9.17, 15) is 15.8 Å². The lowest BCUT2D eigenvalue weighted by atomic mass is 9.52. The number of nitrogens with zero attached hydrogens (tertiary/aromatic N) is 3. The van der Waals surface area contributed by atoms with Crippen LogP contribution in [0.3, 0.4) is 0 Å². The molecule has 2 aliphatic heterocycles. The van der Waals surface area contributed by atoms with E-state index < -0.39 is 28.6 Å². The lowest BCUT2D eigenvalue weighted by molar-refractivity contribution is -0.292. The van der Waals surface area contributed by atoms with Gasteiger partial charge in [-0.3, -0.25) is 5.41 Å². The Labute approximate surface area is 188 Å². The summed E-state index contributed by atoms with van der Waals surface area (Å²) in [4.78, 5) is 0. The van der Waals surface area contributed by atoms with Gasteiger partial charge in [-0.1, -0.05) is 75.4 Å². The Balaban J connectivity index is 2.02. The highest BCUT2D eigenvalue weighted by Gasteiger charge is 2.80. The van der Waals surface area contributed by atoms with Crippen molar-refractivity contribution in [3.63, 3.8) is 0 Å². The molecule has 32 heavy (non-hydrogen) atoms. The fraction of sp³-hybridized carbons (Fsp3) is 0.385. The molecule has 2 bridgehead atoms. The molecule has 4 unspecified atom stereocenters. The standard InChI is InChI=1S/C26H24N4O2/c1-4-21-25(16-29)23(30)32-26(21,20-8-6-5-7-9-20)31-22(24(25,14-27)15-28)19-12-10-18(11-13-19)17(2)3/h5-13,17,21-22,30H,4H2,1-3H3. The van der Waals surface area contributed by atoms with Gasteiger partial charge in [0.05, 0.1) is 24.1 Å². The summed E-state index contributed by atoms with van der Waals surface area (Å²) in [7, 11) is 0. The topological polar surface area (TPSA) is 114 Å². The lowest BCUT2D eigenvalue weighted by Crippen LogP contribution is -2.58. The van der Waals surface area contributed by atoms with Gasteiger partial charge < -0.3 is 9.47 Å². The summed E-state index contributed by atoms with van der Waals surface area (Å²) in [6, 6.07) is 23.2. The molecule has 0 saturated carbocycles. The zero-order valence-corrected chi connectivity index (χ0v) is 18.3. The number of fused-ring (bicyclic) bond motifs is 2. The van der Waals surface area contributed by atoms with E-state index in [1.165, 1.54) is 0 Å². The van der Waals surface area contributed by atoms with Crippen molar-refractivity contribution in [1.29, 1.82) is 21.2 Å². The minimum absolute atomic E-state index is 0.311.